The summed E-state index contributed by atoms with van der Waals surface area (Å²) in [5.74, 6) is 0. The van der Waals surface area contributed by atoms with Gasteiger partial charge in [-0.15, -0.1) is 0 Å². The molecular weight excluding hydrogens is 286 g/mol. The number of benzene rings is 2. The number of halogens is 1. The van der Waals surface area contributed by atoms with Crippen LogP contribution in [0.25, 0.3) is 16.3 Å². The molecule has 1 nitrogen and oxygen atoms in total. The molecule has 0 unspecified atom stereocenters. The van der Waals surface area contributed by atoms with E-state index in [2.05, 4.69) is 64.3 Å². The van der Waals surface area contributed by atoms with E-state index in [9.17, 15) is 0 Å². The van der Waals surface area contributed by atoms with E-state index >= 15 is 0 Å². The van der Waals surface area contributed by atoms with Crippen molar-refractivity contribution in [2.24, 2.45) is 0 Å². The highest BCUT2D eigenvalue weighted by atomic mass is 79.9. The van der Waals surface area contributed by atoms with Gasteiger partial charge in [-0.2, -0.15) is 0 Å². The van der Waals surface area contributed by atoms with Gasteiger partial charge in [0.25, 0.3) is 0 Å². The molecule has 94 valence electrons. The van der Waals surface area contributed by atoms with Crippen molar-refractivity contribution >= 4 is 22.0 Å². The van der Waals surface area contributed by atoms with Crippen LogP contribution in [0.1, 0.15) is 19.4 Å². The van der Waals surface area contributed by atoms with Crippen molar-refractivity contribution in [3.63, 3.8) is 0 Å². The Morgan fingerprint density at radius 2 is 1.56 bits per heavy atom. The summed E-state index contributed by atoms with van der Waals surface area (Å²) >= 11 is 0. The normalized spacial score (nSPS) is 16.7. The van der Waals surface area contributed by atoms with E-state index in [0.717, 1.165) is 4.48 Å². The minimum Gasteiger partial charge on any atom is -1.00 e. The molecule has 0 N–H and O–H groups in total. The standard InChI is InChI=1S/C16H18N.BrH/c1-11-12(2)17(3,4)15-10-9-13-7-5-6-8-14(13)16(11)15;/h5-10H,1-4H3;1H/q+1;/p-1. The molecule has 0 fully saturated rings. The first-order valence-corrected chi connectivity index (χ1v) is 6.08. The van der Waals surface area contributed by atoms with Gasteiger partial charge in [0.05, 0.1) is 19.7 Å². The molecule has 0 radical (unpaired) electrons. The lowest BCUT2D eigenvalue weighted by atomic mass is 9.99. The Morgan fingerprint density at radius 1 is 0.889 bits per heavy atom. The molecule has 1 heterocycles. The molecule has 2 heteroatoms. The summed E-state index contributed by atoms with van der Waals surface area (Å²) in [6, 6.07) is 13.2. The Hall–Kier alpha value is -1.12. The fraction of sp³-hybridized carbons (Fsp3) is 0.250. The minimum absolute atomic E-state index is 0. The van der Waals surface area contributed by atoms with Crippen molar-refractivity contribution in [3.8, 4) is 0 Å². The Balaban J connectivity index is 0.00000120. The van der Waals surface area contributed by atoms with E-state index in [4.69, 9.17) is 0 Å². The number of hydrogen-bond donors (Lipinski definition) is 0. The molecule has 0 saturated carbocycles. The van der Waals surface area contributed by atoms with Gasteiger partial charge >= 0.3 is 0 Å². The second-order valence-electron chi connectivity index (χ2n) is 5.34. The van der Waals surface area contributed by atoms with E-state index in [-0.39, 0.29) is 17.0 Å². The molecule has 0 amide bonds. The predicted octanol–water partition coefficient (Wildman–Crippen LogP) is 1.18. The number of nitrogens with zero attached hydrogens (tertiary/aromatic N) is 1. The van der Waals surface area contributed by atoms with Gasteiger partial charge in [-0.05, 0) is 23.8 Å². The lowest BCUT2D eigenvalue weighted by Gasteiger charge is -2.26. The summed E-state index contributed by atoms with van der Waals surface area (Å²) in [7, 11) is 4.53. The van der Waals surface area contributed by atoms with Crippen molar-refractivity contribution in [1.29, 1.82) is 0 Å². The number of rotatable bonds is 0. The molecular formula is C16H18BrN. The van der Waals surface area contributed by atoms with Crippen molar-refractivity contribution in [2.75, 3.05) is 14.1 Å². The van der Waals surface area contributed by atoms with Crippen LogP contribution >= 0.6 is 0 Å². The van der Waals surface area contributed by atoms with Crippen LogP contribution in [0.3, 0.4) is 0 Å². The average Bonchev–Trinajstić information content (AvgIpc) is 2.51. The first-order chi connectivity index (χ1) is 8.03. The second kappa shape index (κ2) is 4.22. The highest BCUT2D eigenvalue weighted by Gasteiger charge is 2.35. The molecule has 0 atom stereocenters. The third kappa shape index (κ3) is 1.56. The van der Waals surface area contributed by atoms with Gasteiger partial charge in [0.2, 0.25) is 0 Å². The maximum Gasteiger partial charge on any atom is 0.145 e. The van der Waals surface area contributed by atoms with E-state index in [1.807, 2.05) is 0 Å². The molecule has 18 heavy (non-hydrogen) atoms. The van der Waals surface area contributed by atoms with E-state index < -0.39 is 0 Å². The van der Waals surface area contributed by atoms with Crippen LogP contribution in [0.2, 0.25) is 0 Å². The lowest BCUT2D eigenvalue weighted by Crippen LogP contribution is -3.00. The molecule has 1 aliphatic heterocycles. The number of fused-ring (bicyclic) bond motifs is 3. The zero-order valence-corrected chi connectivity index (χ0v) is 12.9. The van der Waals surface area contributed by atoms with Crippen molar-refractivity contribution in [3.05, 3.63) is 47.7 Å². The minimum atomic E-state index is 0. The smallest absolute Gasteiger partial charge is 0.145 e. The monoisotopic (exact) mass is 303 g/mol. The fourth-order valence-electron chi connectivity index (χ4n) is 2.90. The molecule has 2 aromatic rings. The van der Waals surface area contributed by atoms with Crippen LogP contribution in [-0.2, 0) is 0 Å². The summed E-state index contributed by atoms with van der Waals surface area (Å²) in [4.78, 5) is 0. The first kappa shape index (κ1) is 13.3. The number of quaternary nitrogens is 1. The Kier molecular flexibility index (Phi) is 3.12. The second-order valence-corrected chi connectivity index (χ2v) is 5.34. The Morgan fingerprint density at radius 3 is 2.28 bits per heavy atom. The van der Waals surface area contributed by atoms with Gasteiger partial charge in [0.15, 0.2) is 0 Å². The summed E-state index contributed by atoms with van der Waals surface area (Å²) in [5.41, 5.74) is 5.72. The number of hydrogen-bond acceptors (Lipinski definition) is 0. The third-order valence-electron chi connectivity index (χ3n) is 4.27. The maximum absolute atomic E-state index is 2.28. The van der Waals surface area contributed by atoms with Gasteiger partial charge in [-0.1, -0.05) is 24.3 Å². The molecule has 0 aliphatic carbocycles. The highest BCUT2D eigenvalue weighted by Crippen LogP contribution is 2.45. The van der Waals surface area contributed by atoms with Gasteiger partial charge in [0, 0.05) is 18.6 Å². The van der Waals surface area contributed by atoms with Crippen LogP contribution in [0.15, 0.2) is 42.1 Å². The zero-order chi connectivity index (χ0) is 12.2. The topological polar surface area (TPSA) is 0 Å². The quantitative estimate of drug-likeness (QED) is 0.641. The largest absolute Gasteiger partial charge is 1.00 e. The van der Waals surface area contributed by atoms with E-state index in [0.29, 0.717) is 0 Å². The van der Waals surface area contributed by atoms with Crippen LogP contribution in [0.5, 0.6) is 0 Å². The summed E-state index contributed by atoms with van der Waals surface area (Å²) in [6.07, 6.45) is 0. The average molecular weight is 304 g/mol. The van der Waals surface area contributed by atoms with Gasteiger partial charge < -0.3 is 17.0 Å². The fourth-order valence-corrected chi connectivity index (χ4v) is 2.90. The third-order valence-corrected chi connectivity index (χ3v) is 4.27. The summed E-state index contributed by atoms with van der Waals surface area (Å²) in [5, 5.41) is 2.71. The SMILES string of the molecule is CC1=C(C)[N+](C)(C)c2ccc3ccccc3c21.[Br-]. The van der Waals surface area contributed by atoms with E-state index in [1.165, 1.54) is 33.3 Å². The lowest BCUT2D eigenvalue weighted by molar-refractivity contribution is -0.00000354. The molecule has 0 saturated heterocycles. The summed E-state index contributed by atoms with van der Waals surface area (Å²) < 4.78 is 0.881. The van der Waals surface area contributed by atoms with Crippen LogP contribution in [0, 0.1) is 0 Å². The maximum atomic E-state index is 2.28. The molecule has 3 rings (SSSR count). The molecule has 0 bridgehead atoms. The zero-order valence-electron chi connectivity index (χ0n) is 11.3. The van der Waals surface area contributed by atoms with Crippen LogP contribution in [0.4, 0.5) is 5.69 Å². The van der Waals surface area contributed by atoms with Crippen molar-refractivity contribution in [1.82, 2.24) is 4.48 Å². The van der Waals surface area contributed by atoms with Crippen molar-refractivity contribution < 1.29 is 17.0 Å². The molecule has 1 aliphatic rings. The summed E-state index contributed by atoms with van der Waals surface area (Å²) in [6.45, 7) is 4.48. The first-order valence-electron chi connectivity index (χ1n) is 6.08. The van der Waals surface area contributed by atoms with E-state index in [1.54, 1.807) is 0 Å². The predicted molar refractivity (Wildman–Crippen MR) is 75.9 cm³/mol. The van der Waals surface area contributed by atoms with Crippen LogP contribution in [-0.4, -0.2) is 14.1 Å². The van der Waals surface area contributed by atoms with Crippen LogP contribution < -0.4 is 21.5 Å². The highest BCUT2D eigenvalue weighted by molar-refractivity contribution is 6.01. The Bertz CT molecular complexity index is 653. The molecule has 2 aromatic carbocycles. The van der Waals surface area contributed by atoms with Gasteiger partial charge in [-0.25, -0.2) is 0 Å². The Labute approximate surface area is 119 Å². The number of allylic oxidation sites excluding steroid dienone is 2. The molecule has 0 aromatic heterocycles. The van der Waals surface area contributed by atoms with Crippen molar-refractivity contribution in [2.45, 2.75) is 13.8 Å². The van der Waals surface area contributed by atoms with Gasteiger partial charge in [0.1, 0.15) is 11.4 Å². The van der Waals surface area contributed by atoms with Gasteiger partial charge in [-0.3, -0.25) is 4.48 Å². The molecule has 0 spiro atoms.